The van der Waals surface area contributed by atoms with Gasteiger partial charge in [0.1, 0.15) is 0 Å². The molecule has 1 aromatic rings. The van der Waals surface area contributed by atoms with Crippen LogP contribution in [0.2, 0.25) is 0 Å². The first-order chi connectivity index (χ1) is 12.6. The van der Waals surface area contributed by atoms with E-state index in [9.17, 15) is 18.0 Å². The van der Waals surface area contributed by atoms with Crippen molar-refractivity contribution in [3.8, 4) is 0 Å². The van der Waals surface area contributed by atoms with Crippen molar-refractivity contribution in [3.63, 3.8) is 0 Å². The predicted octanol–water partition coefficient (Wildman–Crippen LogP) is 0.832. The Bertz CT molecular complexity index is 829. The standard InChI is InChI=1S/C18H28N4O4S.ClH/c1-12-9-14(10-16(13(12)2)27(20,25)26)18(24)22-8-4-3-5-15(22)11-21-17(23)6-7-19;/h9-10,15H,3-8,11,19H2,1-2H3,(H,21,23)(H2,20,25,26);1H. The lowest BCUT2D eigenvalue weighted by Gasteiger charge is -2.36. The maximum atomic E-state index is 13.1. The molecule has 0 spiro atoms. The molecule has 0 radical (unpaired) electrons. The number of aryl methyl sites for hydroxylation is 1. The third kappa shape index (κ3) is 5.91. The van der Waals surface area contributed by atoms with Crippen molar-refractivity contribution >= 4 is 34.2 Å². The zero-order valence-electron chi connectivity index (χ0n) is 16.2. The number of nitrogens with one attached hydrogen (secondary N) is 1. The Balaban J connectivity index is 0.00000392. The molecule has 1 unspecified atom stereocenters. The van der Waals surface area contributed by atoms with Crippen LogP contribution in [-0.4, -0.2) is 50.8 Å². The number of halogens is 1. The van der Waals surface area contributed by atoms with Crippen molar-refractivity contribution in [2.75, 3.05) is 19.6 Å². The molecule has 1 fully saturated rings. The fourth-order valence-electron chi connectivity index (χ4n) is 3.34. The van der Waals surface area contributed by atoms with Crippen LogP contribution in [0.5, 0.6) is 0 Å². The number of carbonyl (C=O) groups is 2. The lowest BCUT2D eigenvalue weighted by molar-refractivity contribution is -0.121. The van der Waals surface area contributed by atoms with Crippen molar-refractivity contribution < 1.29 is 18.0 Å². The summed E-state index contributed by atoms with van der Waals surface area (Å²) in [5.74, 6) is -0.390. The first kappa shape index (κ1) is 24.4. The summed E-state index contributed by atoms with van der Waals surface area (Å²) in [6, 6.07) is 2.90. The number of amides is 2. The third-order valence-electron chi connectivity index (χ3n) is 4.97. The number of benzene rings is 1. The molecule has 10 heteroatoms. The summed E-state index contributed by atoms with van der Waals surface area (Å²) in [7, 11) is -3.92. The molecule has 0 aromatic heterocycles. The molecule has 0 bridgehead atoms. The lowest BCUT2D eigenvalue weighted by atomic mass is 9.99. The molecule has 1 atom stereocenters. The smallest absolute Gasteiger partial charge is 0.254 e. The van der Waals surface area contributed by atoms with Gasteiger partial charge < -0.3 is 16.0 Å². The first-order valence-corrected chi connectivity index (χ1v) is 10.6. The molecule has 0 aliphatic carbocycles. The van der Waals surface area contributed by atoms with Gasteiger partial charge in [-0.05, 0) is 56.4 Å². The van der Waals surface area contributed by atoms with Gasteiger partial charge in [0, 0.05) is 37.7 Å². The van der Waals surface area contributed by atoms with E-state index in [4.69, 9.17) is 10.9 Å². The van der Waals surface area contributed by atoms with Crippen LogP contribution in [-0.2, 0) is 14.8 Å². The van der Waals surface area contributed by atoms with Crippen molar-refractivity contribution in [1.82, 2.24) is 10.2 Å². The largest absolute Gasteiger partial charge is 0.354 e. The number of carbonyl (C=O) groups excluding carboxylic acids is 2. The number of primary sulfonamides is 1. The van der Waals surface area contributed by atoms with Crippen LogP contribution in [0.3, 0.4) is 0 Å². The highest BCUT2D eigenvalue weighted by Gasteiger charge is 2.29. The van der Waals surface area contributed by atoms with Gasteiger partial charge in [0.2, 0.25) is 15.9 Å². The Labute approximate surface area is 172 Å². The molecule has 2 amide bonds. The molecule has 28 heavy (non-hydrogen) atoms. The summed E-state index contributed by atoms with van der Waals surface area (Å²) in [5.41, 5.74) is 6.90. The van der Waals surface area contributed by atoms with Gasteiger partial charge in [0.05, 0.1) is 4.90 Å². The first-order valence-electron chi connectivity index (χ1n) is 9.07. The van der Waals surface area contributed by atoms with E-state index in [1.54, 1.807) is 24.8 Å². The van der Waals surface area contributed by atoms with Crippen LogP contribution < -0.4 is 16.2 Å². The monoisotopic (exact) mass is 432 g/mol. The van der Waals surface area contributed by atoms with E-state index >= 15 is 0 Å². The summed E-state index contributed by atoms with van der Waals surface area (Å²) in [5, 5.41) is 8.12. The number of hydrogen-bond donors (Lipinski definition) is 3. The molecule has 158 valence electrons. The minimum absolute atomic E-state index is 0. The summed E-state index contributed by atoms with van der Waals surface area (Å²) in [6.07, 6.45) is 2.86. The summed E-state index contributed by atoms with van der Waals surface area (Å²) in [4.78, 5) is 26.5. The second kappa shape index (κ2) is 10.2. The summed E-state index contributed by atoms with van der Waals surface area (Å²) < 4.78 is 23.7. The van der Waals surface area contributed by atoms with Gasteiger partial charge in [-0.25, -0.2) is 13.6 Å². The minimum atomic E-state index is -3.92. The van der Waals surface area contributed by atoms with Crippen LogP contribution >= 0.6 is 12.4 Å². The van der Waals surface area contributed by atoms with E-state index in [0.29, 0.717) is 29.8 Å². The van der Waals surface area contributed by atoms with Crippen LogP contribution in [0.25, 0.3) is 0 Å². The average molecular weight is 433 g/mol. The van der Waals surface area contributed by atoms with Crippen molar-refractivity contribution in [2.45, 2.75) is 50.5 Å². The highest BCUT2D eigenvalue weighted by Crippen LogP contribution is 2.24. The molecule has 1 aliphatic heterocycles. The molecule has 1 aliphatic rings. The van der Waals surface area contributed by atoms with E-state index in [1.165, 1.54) is 6.07 Å². The minimum Gasteiger partial charge on any atom is -0.354 e. The maximum absolute atomic E-state index is 13.1. The zero-order chi connectivity index (χ0) is 20.2. The molecule has 5 N–H and O–H groups in total. The van der Waals surface area contributed by atoms with E-state index in [1.807, 2.05) is 0 Å². The van der Waals surface area contributed by atoms with Crippen molar-refractivity contribution in [2.24, 2.45) is 10.9 Å². The highest BCUT2D eigenvalue weighted by atomic mass is 35.5. The molecular formula is C18H29ClN4O4S. The van der Waals surface area contributed by atoms with Crippen molar-refractivity contribution in [3.05, 3.63) is 28.8 Å². The number of hydrogen-bond acceptors (Lipinski definition) is 5. The van der Waals surface area contributed by atoms with Gasteiger partial charge in [-0.2, -0.15) is 0 Å². The van der Waals surface area contributed by atoms with E-state index in [-0.39, 0.29) is 48.1 Å². The van der Waals surface area contributed by atoms with Crippen LogP contribution in [0.1, 0.15) is 47.2 Å². The number of likely N-dealkylation sites (tertiary alicyclic amines) is 1. The van der Waals surface area contributed by atoms with Crippen LogP contribution in [0.15, 0.2) is 17.0 Å². The topological polar surface area (TPSA) is 136 Å². The molecule has 8 nitrogen and oxygen atoms in total. The van der Waals surface area contributed by atoms with Crippen LogP contribution in [0.4, 0.5) is 0 Å². The Morgan fingerprint density at radius 1 is 1.25 bits per heavy atom. The molecule has 1 heterocycles. The Kier molecular flexibility index (Phi) is 8.87. The fraction of sp³-hybridized carbons (Fsp3) is 0.556. The molecule has 1 saturated heterocycles. The van der Waals surface area contributed by atoms with E-state index in [0.717, 1.165) is 19.3 Å². The van der Waals surface area contributed by atoms with Gasteiger partial charge in [-0.3, -0.25) is 9.59 Å². The van der Waals surface area contributed by atoms with E-state index < -0.39 is 10.0 Å². The quantitative estimate of drug-likeness (QED) is 0.611. The number of rotatable bonds is 6. The van der Waals surface area contributed by atoms with Gasteiger partial charge in [0.25, 0.3) is 5.91 Å². The fourth-order valence-corrected chi connectivity index (χ4v) is 4.22. The Morgan fingerprint density at radius 2 is 1.93 bits per heavy atom. The number of piperidine rings is 1. The van der Waals surface area contributed by atoms with Gasteiger partial charge in [-0.1, -0.05) is 0 Å². The second-order valence-corrected chi connectivity index (χ2v) is 8.48. The Hall–Kier alpha value is -1.68. The predicted molar refractivity (Wildman–Crippen MR) is 110 cm³/mol. The molecule has 2 rings (SSSR count). The maximum Gasteiger partial charge on any atom is 0.254 e. The number of nitrogens with two attached hydrogens (primary N) is 2. The van der Waals surface area contributed by atoms with Crippen molar-refractivity contribution in [1.29, 1.82) is 0 Å². The Morgan fingerprint density at radius 3 is 2.54 bits per heavy atom. The third-order valence-corrected chi connectivity index (χ3v) is 6.00. The van der Waals surface area contributed by atoms with Gasteiger partial charge >= 0.3 is 0 Å². The number of sulfonamides is 1. The normalized spacial score (nSPS) is 17.0. The van der Waals surface area contributed by atoms with Gasteiger partial charge in [-0.15, -0.1) is 12.4 Å². The van der Waals surface area contributed by atoms with E-state index in [2.05, 4.69) is 5.32 Å². The summed E-state index contributed by atoms with van der Waals surface area (Å²) in [6.45, 7) is 4.62. The molecule has 0 saturated carbocycles. The second-order valence-electron chi connectivity index (χ2n) is 6.95. The molecular weight excluding hydrogens is 404 g/mol. The van der Waals surface area contributed by atoms with Crippen LogP contribution in [0, 0.1) is 13.8 Å². The lowest BCUT2D eigenvalue weighted by Crippen LogP contribution is -2.49. The van der Waals surface area contributed by atoms with Gasteiger partial charge in [0.15, 0.2) is 0 Å². The number of nitrogens with zero attached hydrogens (tertiary/aromatic N) is 1. The zero-order valence-corrected chi connectivity index (χ0v) is 17.9. The molecule has 1 aromatic carbocycles. The SMILES string of the molecule is Cc1cc(C(=O)N2CCCCC2CNC(=O)CCN)cc(S(N)(=O)=O)c1C.Cl. The highest BCUT2D eigenvalue weighted by molar-refractivity contribution is 7.89. The average Bonchev–Trinajstić information content (AvgIpc) is 2.61. The summed E-state index contributed by atoms with van der Waals surface area (Å²) >= 11 is 0.